The first-order chi connectivity index (χ1) is 9.73. The van der Waals surface area contributed by atoms with E-state index < -0.39 is 0 Å². The molecule has 0 spiro atoms. The van der Waals surface area contributed by atoms with Gasteiger partial charge in [0.05, 0.1) is 6.61 Å². The fraction of sp³-hybridized carbons (Fsp3) is 0.333. The van der Waals surface area contributed by atoms with Crippen LogP contribution >= 0.6 is 15.9 Å². The molecule has 1 N–H and O–H groups in total. The fourth-order valence-corrected chi connectivity index (χ4v) is 2.23. The number of aliphatic hydroxyl groups excluding tert-OH is 1. The molecular weight excluding hydrogens is 312 g/mol. The van der Waals surface area contributed by atoms with E-state index >= 15 is 0 Å². The monoisotopic (exact) mass is 334 g/mol. The van der Waals surface area contributed by atoms with Crippen molar-refractivity contribution >= 4 is 15.9 Å². The Balaban J connectivity index is 0.000000200. The maximum Gasteiger partial charge on any atom is 0.0681 e. The molecular formula is C18H23BrO. The summed E-state index contributed by atoms with van der Waals surface area (Å²) in [5.74, 6) is 0. The zero-order chi connectivity index (χ0) is 14.8. The first-order valence-corrected chi connectivity index (χ1v) is 8.18. The normalized spacial score (nSPS) is 9.80. The van der Waals surface area contributed by atoms with Gasteiger partial charge in [-0.2, -0.15) is 0 Å². The average molecular weight is 335 g/mol. The number of alkyl halides is 1. The highest BCUT2D eigenvalue weighted by molar-refractivity contribution is 9.08. The highest BCUT2D eigenvalue weighted by Gasteiger charge is 1.91. The molecule has 0 bridgehead atoms. The Bertz CT molecular complexity index is 422. The third kappa shape index (κ3) is 5.89. The van der Waals surface area contributed by atoms with Crippen LogP contribution in [0.15, 0.2) is 48.5 Å². The summed E-state index contributed by atoms with van der Waals surface area (Å²) in [5, 5.41) is 9.72. The molecule has 0 aliphatic heterocycles. The van der Waals surface area contributed by atoms with E-state index in [4.69, 9.17) is 5.11 Å². The van der Waals surface area contributed by atoms with Gasteiger partial charge in [0.25, 0.3) is 0 Å². The molecule has 2 rings (SSSR count). The zero-order valence-electron chi connectivity index (χ0n) is 12.3. The van der Waals surface area contributed by atoms with Crippen LogP contribution in [0.2, 0.25) is 0 Å². The van der Waals surface area contributed by atoms with E-state index in [0.29, 0.717) is 0 Å². The molecule has 0 aromatic heterocycles. The number of hydrogen-bond acceptors (Lipinski definition) is 1. The van der Waals surface area contributed by atoms with Crippen LogP contribution in [0.25, 0.3) is 0 Å². The third-order valence-electron chi connectivity index (χ3n) is 3.14. The van der Waals surface area contributed by atoms with Crippen LogP contribution in [0.3, 0.4) is 0 Å². The molecule has 0 aliphatic rings. The van der Waals surface area contributed by atoms with Crippen LogP contribution in [-0.4, -0.2) is 5.11 Å². The second-order valence-corrected chi connectivity index (χ2v) is 5.20. The predicted molar refractivity (Wildman–Crippen MR) is 90.2 cm³/mol. The van der Waals surface area contributed by atoms with Gasteiger partial charge in [0.1, 0.15) is 0 Å². The molecule has 20 heavy (non-hydrogen) atoms. The van der Waals surface area contributed by atoms with Crippen molar-refractivity contribution in [2.24, 2.45) is 0 Å². The van der Waals surface area contributed by atoms with Crippen LogP contribution in [-0.2, 0) is 24.8 Å². The van der Waals surface area contributed by atoms with E-state index in [1.807, 2.05) is 18.2 Å². The van der Waals surface area contributed by atoms with Gasteiger partial charge < -0.3 is 5.11 Å². The lowest BCUT2D eigenvalue weighted by Gasteiger charge is -1.98. The molecule has 0 radical (unpaired) electrons. The Kier molecular flexibility index (Phi) is 8.24. The van der Waals surface area contributed by atoms with Gasteiger partial charge in [-0.1, -0.05) is 78.3 Å². The van der Waals surface area contributed by atoms with E-state index in [1.165, 1.54) is 16.7 Å². The van der Waals surface area contributed by atoms with Crippen molar-refractivity contribution in [2.75, 3.05) is 0 Å². The Morgan fingerprint density at radius 1 is 0.800 bits per heavy atom. The number of hydrogen-bond donors (Lipinski definition) is 1. The van der Waals surface area contributed by atoms with Crippen LogP contribution in [0, 0.1) is 0 Å². The molecule has 0 amide bonds. The second kappa shape index (κ2) is 9.73. The van der Waals surface area contributed by atoms with E-state index in [1.54, 1.807) is 0 Å². The summed E-state index contributed by atoms with van der Waals surface area (Å²) in [5.41, 5.74) is 5.06. The first-order valence-electron chi connectivity index (χ1n) is 7.05. The zero-order valence-corrected chi connectivity index (χ0v) is 13.9. The Morgan fingerprint density at radius 2 is 1.25 bits per heavy atom. The maximum absolute atomic E-state index is 8.76. The third-order valence-corrected chi connectivity index (χ3v) is 3.78. The summed E-state index contributed by atoms with van der Waals surface area (Å²) in [7, 11) is 0. The lowest BCUT2D eigenvalue weighted by molar-refractivity contribution is 0.281. The van der Waals surface area contributed by atoms with Crippen LogP contribution in [0.5, 0.6) is 0 Å². The summed E-state index contributed by atoms with van der Waals surface area (Å²) in [6.07, 6.45) is 2.16. The topological polar surface area (TPSA) is 20.2 Å². The second-order valence-electron chi connectivity index (χ2n) is 4.64. The van der Waals surface area contributed by atoms with Gasteiger partial charge in [-0.25, -0.2) is 0 Å². The highest BCUT2D eigenvalue weighted by Crippen LogP contribution is 2.08. The molecule has 0 saturated carbocycles. The smallest absolute Gasteiger partial charge is 0.0681 e. The van der Waals surface area contributed by atoms with Gasteiger partial charge >= 0.3 is 0 Å². The molecule has 2 heteroatoms. The molecule has 0 aliphatic carbocycles. The average Bonchev–Trinajstić information content (AvgIpc) is 2.55. The summed E-state index contributed by atoms with van der Waals surface area (Å²) < 4.78 is 0. The van der Waals surface area contributed by atoms with Gasteiger partial charge in [0, 0.05) is 5.33 Å². The van der Waals surface area contributed by atoms with Crippen LogP contribution < -0.4 is 0 Å². The molecule has 0 fully saturated rings. The van der Waals surface area contributed by atoms with Crippen LogP contribution in [0.1, 0.15) is 36.1 Å². The highest BCUT2D eigenvalue weighted by atomic mass is 79.9. The molecule has 108 valence electrons. The van der Waals surface area contributed by atoms with Crippen molar-refractivity contribution in [1.29, 1.82) is 0 Å². The van der Waals surface area contributed by atoms with Gasteiger partial charge in [-0.3, -0.25) is 0 Å². The van der Waals surface area contributed by atoms with E-state index in [9.17, 15) is 0 Å². The molecule has 2 aromatic carbocycles. The fourth-order valence-electron chi connectivity index (χ4n) is 1.88. The van der Waals surface area contributed by atoms with Crippen LogP contribution in [0.4, 0.5) is 0 Å². The van der Waals surface area contributed by atoms with E-state index in [2.05, 4.69) is 60.1 Å². The molecule has 0 unspecified atom stereocenters. The minimum Gasteiger partial charge on any atom is -0.392 e. The molecule has 0 saturated heterocycles. The number of aliphatic hydroxyl groups is 1. The minimum absolute atomic E-state index is 0.147. The minimum atomic E-state index is 0.147. The molecule has 1 nitrogen and oxygen atoms in total. The van der Waals surface area contributed by atoms with E-state index in [0.717, 1.165) is 23.7 Å². The van der Waals surface area contributed by atoms with E-state index in [-0.39, 0.29) is 6.61 Å². The largest absolute Gasteiger partial charge is 0.392 e. The molecule has 0 heterocycles. The standard InChI is InChI=1S/C9H11Br.C9H12O/c2*1-2-8-4-3-5-9(6-8)7-10/h3-6H,2,7H2,1H3;3-6,10H,2,7H2,1H3. The lowest BCUT2D eigenvalue weighted by atomic mass is 10.1. The van der Waals surface area contributed by atoms with Crippen molar-refractivity contribution in [1.82, 2.24) is 0 Å². The van der Waals surface area contributed by atoms with Crippen molar-refractivity contribution < 1.29 is 5.11 Å². The van der Waals surface area contributed by atoms with Gasteiger partial charge in [0.2, 0.25) is 0 Å². The maximum atomic E-state index is 8.76. The van der Waals surface area contributed by atoms with Crippen molar-refractivity contribution in [2.45, 2.75) is 38.6 Å². The summed E-state index contributed by atoms with van der Waals surface area (Å²) in [4.78, 5) is 0. The SMILES string of the molecule is CCc1cccc(CBr)c1.CCc1cccc(CO)c1. The number of aryl methyl sites for hydroxylation is 2. The molecule has 2 aromatic rings. The molecule has 0 atom stereocenters. The quantitative estimate of drug-likeness (QED) is 0.789. The Morgan fingerprint density at radius 3 is 1.70 bits per heavy atom. The number of benzene rings is 2. The van der Waals surface area contributed by atoms with Gasteiger partial charge in [0.15, 0.2) is 0 Å². The number of halogens is 1. The summed E-state index contributed by atoms with van der Waals surface area (Å²) in [6.45, 7) is 4.43. The predicted octanol–water partition coefficient (Wildman–Crippen LogP) is 4.89. The summed E-state index contributed by atoms with van der Waals surface area (Å²) >= 11 is 3.42. The lowest BCUT2D eigenvalue weighted by Crippen LogP contribution is -1.85. The first kappa shape index (κ1) is 16.9. The Hall–Kier alpha value is -1.12. The van der Waals surface area contributed by atoms with Crippen molar-refractivity contribution in [3.8, 4) is 0 Å². The van der Waals surface area contributed by atoms with Crippen molar-refractivity contribution in [3.05, 3.63) is 70.8 Å². The number of rotatable bonds is 4. The summed E-state index contributed by atoms with van der Waals surface area (Å²) in [6, 6.07) is 16.6. The van der Waals surface area contributed by atoms with Gasteiger partial charge in [-0.15, -0.1) is 0 Å². The van der Waals surface area contributed by atoms with Crippen molar-refractivity contribution in [3.63, 3.8) is 0 Å². The Labute approximate surface area is 130 Å². The van der Waals surface area contributed by atoms with Gasteiger partial charge in [-0.05, 0) is 35.1 Å².